The Kier molecular flexibility index (Phi) is 4.63. The summed E-state index contributed by atoms with van der Waals surface area (Å²) in [6, 6.07) is 7.44. The van der Waals surface area contributed by atoms with E-state index in [1.54, 1.807) is 11.9 Å². The van der Waals surface area contributed by atoms with Crippen LogP contribution in [0.15, 0.2) is 29.4 Å². The Morgan fingerprint density at radius 3 is 2.74 bits per heavy atom. The average molecular weight is 336 g/mol. The lowest BCUT2D eigenvalue weighted by Crippen LogP contribution is -2.46. The van der Waals surface area contributed by atoms with Gasteiger partial charge in [-0.3, -0.25) is 9.59 Å². The van der Waals surface area contributed by atoms with Crippen molar-refractivity contribution >= 4 is 29.1 Å². The lowest BCUT2D eigenvalue weighted by Gasteiger charge is -2.34. The predicted molar refractivity (Wildman–Crippen MR) is 86.2 cm³/mol. The van der Waals surface area contributed by atoms with Crippen molar-refractivity contribution < 1.29 is 14.3 Å². The minimum atomic E-state index is -0.173. The molecular weight excluding hydrogens is 318 g/mol. The lowest BCUT2D eigenvalue weighted by atomic mass is 10.1. The van der Waals surface area contributed by atoms with Crippen molar-refractivity contribution in [1.29, 1.82) is 0 Å². The van der Waals surface area contributed by atoms with Crippen molar-refractivity contribution in [3.63, 3.8) is 0 Å². The number of hydrogen-bond donors (Lipinski definition) is 0. The van der Waals surface area contributed by atoms with Gasteiger partial charge >= 0.3 is 0 Å². The van der Waals surface area contributed by atoms with Gasteiger partial charge < -0.3 is 9.64 Å². The second-order valence-corrected chi connectivity index (χ2v) is 6.06. The second kappa shape index (κ2) is 6.68. The van der Waals surface area contributed by atoms with Crippen molar-refractivity contribution in [1.82, 2.24) is 9.91 Å². The molecule has 0 unspecified atom stereocenters. The summed E-state index contributed by atoms with van der Waals surface area (Å²) in [5.74, 6) is -0.186. The van der Waals surface area contributed by atoms with Gasteiger partial charge in [0.2, 0.25) is 5.91 Å². The highest BCUT2D eigenvalue weighted by Crippen LogP contribution is 2.24. The molecule has 23 heavy (non-hydrogen) atoms. The number of hydrogen-bond acceptors (Lipinski definition) is 4. The molecule has 1 aromatic rings. The standard InChI is InChI=1S/C16H18ClN3O3/c1-19-15(21)7-6-13(18-19)16(22)20-8-9-23-14(10-20)11-2-4-12(17)5-3-11/h2-5,14H,6-10H2,1H3/t14-/m1/s1. The maximum absolute atomic E-state index is 12.6. The largest absolute Gasteiger partial charge is 0.370 e. The van der Waals surface area contributed by atoms with E-state index in [1.165, 1.54) is 5.01 Å². The molecule has 2 aliphatic rings. The number of rotatable bonds is 2. The Bertz CT molecular complexity index is 644. The predicted octanol–water partition coefficient (Wildman–Crippen LogP) is 1.85. The first-order valence-electron chi connectivity index (χ1n) is 7.55. The molecule has 0 spiro atoms. The minimum Gasteiger partial charge on any atom is -0.370 e. The van der Waals surface area contributed by atoms with Crippen LogP contribution in [0, 0.1) is 0 Å². The summed E-state index contributed by atoms with van der Waals surface area (Å²) in [6.45, 7) is 1.47. The van der Waals surface area contributed by atoms with Crippen molar-refractivity contribution in [2.24, 2.45) is 5.10 Å². The Balaban J connectivity index is 1.71. The van der Waals surface area contributed by atoms with Gasteiger partial charge in [0.15, 0.2) is 0 Å². The van der Waals surface area contributed by atoms with Crippen LogP contribution in [0.4, 0.5) is 0 Å². The van der Waals surface area contributed by atoms with E-state index < -0.39 is 0 Å². The first-order chi connectivity index (χ1) is 11.0. The third-order valence-corrected chi connectivity index (χ3v) is 4.30. The summed E-state index contributed by atoms with van der Waals surface area (Å²) < 4.78 is 5.77. The molecular formula is C16H18ClN3O3. The number of benzene rings is 1. The summed E-state index contributed by atoms with van der Waals surface area (Å²) in [5, 5.41) is 6.01. The molecule has 2 amide bonds. The van der Waals surface area contributed by atoms with E-state index in [9.17, 15) is 9.59 Å². The van der Waals surface area contributed by atoms with Crippen LogP contribution in [0.1, 0.15) is 24.5 Å². The number of carbonyl (C=O) groups is 2. The molecule has 0 saturated carbocycles. The molecule has 0 bridgehead atoms. The fourth-order valence-electron chi connectivity index (χ4n) is 2.72. The maximum Gasteiger partial charge on any atom is 0.270 e. The first kappa shape index (κ1) is 16.0. The molecule has 3 rings (SSSR count). The van der Waals surface area contributed by atoms with Gasteiger partial charge in [-0.2, -0.15) is 5.10 Å². The van der Waals surface area contributed by atoms with Gasteiger partial charge in [0.25, 0.3) is 5.91 Å². The van der Waals surface area contributed by atoms with Crippen LogP contribution in [-0.2, 0) is 14.3 Å². The summed E-state index contributed by atoms with van der Waals surface area (Å²) in [6.07, 6.45) is 0.547. The van der Waals surface area contributed by atoms with Crippen LogP contribution in [0.25, 0.3) is 0 Å². The topological polar surface area (TPSA) is 62.2 Å². The van der Waals surface area contributed by atoms with Gasteiger partial charge in [0.1, 0.15) is 11.8 Å². The molecule has 1 fully saturated rings. The van der Waals surface area contributed by atoms with Crippen molar-refractivity contribution in [2.45, 2.75) is 18.9 Å². The van der Waals surface area contributed by atoms with Gasteiger partial charge in [-0.25, -0.2) is 5.01 Å². The van der Waals surface area contributed by atoms with E-state index >= 15 is 0 Å². The lowest BCUT2D eigenvalue weighted by molar-refractivity contribution is -0.133. The average Bonchev–Trinajstić information content (AvgIpc) is 2.57. The number of ether oxygens (including phenoxy) is 1. The van der Waals surface area contributed by atoms with Gasteiger partial charge in [-0.05, 0) is 17.7 Å². The molecule has 0 N–H and O–H groups in total. The molecule has 0 radical (unpaired) electrons. The third-order valence-electron chi connectivity index (χ3n) is 4.05. The Hall–Kier alpha value is -1.92. The molecule has 1 atom stereocenters. The molecule has 0 aromatic heterocycles. The van der Waals surface area contributed by atoms with E-state index in [1.807, 2.05) is 24.3 Å². The van der Waals surface area contributed by atoms with Crippen molar-refractivity contribution in [2.75, 3.05) is 26.7 Å². The number of halogens is 1. The number of amides is 2. The van der Waals surface area contributed by atoms with Gasteiger partial charge in [0, 0.05) is 31.5 Å². The molecule has 2 heterocycles. The van der Waals surface area contributed by atoms with Crippen molar-refractivity contribution in [3.8, 4) is 0 Å². The van der Waals surface area contributed by atoms with Gasteiger partial charge in [0.05, 0.1) is 13.2 Å². The first-order valence-corrected chi connectivity index (χ1v) is 7.93. The fourth-order valence-corrected chi connectivity index (χ4v) is 2.85. The SMILES string of the molecule is CN1N=C(C(=O)N2CCO[C@@H](c3ccc(Cl)cc3)C2)CCC1=O. The molecule has 0 aliphatic carbocycles. The Morgan fingerprint density at radius 1 is 1.30 bits per heavy atom. The maximum atomic E-state index is 12.6. The molecule has 2 aliphatic heterocycles. The van der Waals surface area contributed by atoms with E-state index in [0.717, 1.165) is 5.56 Å². The van der Waals surface area contributed by atoms with E-state index in [4.69, 9.17) is 16.3 Å². The number of nitrogens with zero attached hydrogens (tertiary/aromatic N) is 3. The Labute approximate surface area is 139 Å². The van der Waals surface area contributed by atoms with Crippen LogP contribution in [0.3, 0.4) is 0 Å². The minimum absolute atomic E-state index is 0.0671. The number of carbonyl (C=O) groups excluding carboxylic acids is 2. The third kappa shape index (κ3) is 3.54. The summed E-state index contributed by atoms with van der Waals surface area (Å²) in [5.41, 5.74) is 1.42. The second-order valence-electron chi connectivity index (χ2n) is 5.63. The van der Waals surface area contributed by atoms with Crippen molar-refractivity contribution in [3.05, 3.63) is 34.9 Å². The zero-order valence-corrected chi connectivity index (χ0v) is 13.6. The van der Waals surface area contributed by atoms with Crippen LogP contribution in [-0.4, -0.2) is 54.2 Å². The fraction of sp³-hybridized carbons (Fsp3) is 0.438. The molecule has 1 saturated heterocycles. The van der Waals surface area contributed by atoms with E-state index in [0.29, 0.717) is 43.3 Å². The zero-order chi connectivity index (χ0) is 16.4. The summed E-state index contributed by atoms with van der Waals surface area (Å²) >= 11 is 5.90. The van der Waals surface area contributed by atoms with Crippen LogP contribution < -0.4 is 0 Å². The molecule has 1 aromatic carbocycles. The molecule has 7 heteroatoms. The highest BCUT2D eigenvalue weighted by molar-refractivity contribution is 6.39. The van der Waals surface area contributed by atoms with Crippen LogP contribution in [0.5, 0.6) is 0 Å². The quantitative estimate of drug-likeness (QED) is 0.828. The summed E-state index contributed by atoms with van der Waals surface area (Å²) in [4.78, 5) is 25.8. The normalized spacial score (nSPS) is 22.1. The van der Waals surface area contributed by atoms with E-state index in [-0.39, 0.29) is 17.9 Å². The van der Waals surface area contributed by atoms with E-state index in [2.05, 4.69) is 5.10 Å². The van der Waals surface area contributed by atoms with Crippen LogP contribution >= 0.6 is 11.6 Å². The zero-order valence-electron chi connectivity index (χ0n) is 12.9. The molecule has 122 valence electrons. The summed E-state index contributed by atoms with van der Waals surface area (Å²) in [7, 11) is 1.57. The number of hydrazone groups is 1. The van der Waals surface area contributed by atoms with Crippen LogP contribution in [0.2, 0.25) is 5.02 Å². The number of morpholine rings is 1. The highest BCUT2D eigenvalue weighted by atomic mass is 35.5. The van der Waals surface area contributed by atoms with Gasteiger partial charge in [-0.1, -0.05) is 23.7 Å². The smallest absolute Gasteiger partial charge is 0.270 e. The Morgan fingerprint density at radius 2 is 2.04 bits per heavy atom. The van der Waals surface area contributed by atoms with Gasteiger partial charge in [-0.15, -0.1) is 0 Å². The monoisotopic (exact) mass is 335 g/mol. The molecule has 6 nitrogen and oxygen atoms in total. The highest BCUT2D eigenvalue weighted by Gasteiger charge is 2.30.